The molecule has 2 rings (SSSR count). The molecule has 1 aliphatic rings. The molecule has 0 aliphatic carbocycles. The molecule has 2 atom stereocenters. The van der Waals surface area contributed by atoms with Gasteiger partial charge < -0.3 is 14.4 Å². The lowest BCUT2D eigenvalue weighted by molar-refractivity contribution is -0.130. The van der Waals surface area contributed by atoms with Crippen molar-refractivity contribution in [3.63, 3.8) is 0 Å². The van der Waals surface area contributed by atoms with Gasteiger partial charge in [-0.25, -0.2) is 4.79 Å². The Bertz CT molecular complexity index is 545. The maximum Gasteiger partial charge on any atom is 0.371 e. The number of likely N-dealkylation sites (tertiary alicyclic amines) is 1. The smallest absolute Gasteiger partial charge is 0.371 e. The van der Waals surface area contributed by atoms with Crippen LogP contribution in [0.5, 0.6) is 0 Å². The minimum atomic E-state index is -1.68. The zero-order valence-electron chi connectivity index (χ0n) is 11.9. The number of aromatic carboxylic acids is 1. The first-order valence-corrected chi connectivity index (χ1v) is 8.24. The summed E-state index contributed by atoms with van der Waals surface area (Å²) in [4.78, 5) is 24.9. The monoisotopic (exact) mass is 313 g/mol. The fraction of sp³-hybridized carbons (Fsp3) is 0.571. The Balaban J connectivity index is 2.06. The van der Waals surface area contributed by atoms with Crippen LogP contribution in [0.15, 0.2) is 21.6 Å². The average molecular weight is 313 g/mol. The Morgan fingerprint density at radius 3 is 2.38 bits per heavy atom. The van der Waals surface area contributed by atoms with Crippen molar-refractivity contribution in [2.24, 2.45) is 0 Å². The topological polar surface area (TPSA) is 87.8 Å². The second kappa shape index (κ2) is 6.89. The van der Waals surface area contributed by atoms with E-state index in [-0.39, 0.29) is 16.8 Å². The van der Waals surface area contributed by atoms with Gasteiger partial charge in [-0.15, -0.1) is 0 Å². The van der Waals surface area contributed by atoms with Crippen LogP contribution >= 0.6 is 0 Å². The van der Waals surface area contributed by atoms with Gasteiger partial charge in [-0.3, -0.25) is 9.00 Å². The fourth-order valence-electron chi connectivity index (χ4n) is 2.36. The van der Waals surface area contributed by atoms with Crippen LogP contribution in [0.1, 0.15) is 43.2 Å². The number of furan rings is 1. The maximum atomic E-state index is 12.4. The van der Waals surface area contributed by atoms with E-state index in [1.54, 1.807) is 11.8 Å². The van der Waals surface area contributed by atoms with E-state index in [9.17, 15) is 13.8 Å². The molecule has 1 aromatic heterocycles. The van der Waals surface area contributed by atoms with Crippen LogP contribution in [-0.2, 0) is 15.6 Å². The van der Waals surface area contributed by atoms with Crippen molar-refractivity contribution >= 4 is 22.7 Å². The number of hydrogen-bond acceptors (Lipinski definition) is 4. The molecule has 6 nitrogen and oxygen atoms in total. The summed E-state index contributed by atoms with van der Waals surface area (Å²) in [6.45, 7) is 2.98. The van der Waals surface area contributed by atoms with Crippen molar-refractivity contribution in [2.75, 3.05) is 13.1 Å². The quantitative estimate of drug-likeness (QED) is 0.917. The SMILES string of the molecule is CC(C(=O)N1CCCCCC1)S(=O)c1ccc(C(=O)O)o1. The summed E-state index contributed by atoms with van der Waals surface area (Å²) in [5, 5.41) is 8.09. The van der Waals surface area contributed by atoms with E-state index in [1.807, 2.05) is 0 Å². The fourth-order valence-corrected chi connectivity index (χ4v) is 3.41. The van der Waals surface area contributed by atoms with Gasteiger partial charge in [-0.05, 0) is 31.9 Å². The highest BCUT2D eigenvalue weighted by Crippen LogP contribution is 2.18. The van der Waals surface area contributed by atoms with E-state index in [4.69, 9.17) is 9.52 Å². The summed E-state index contributed by atoms with van der Waals surface area (Å²) in [6, 6.07) is 2.60. The van der Waals surface area contributed by atoms with E-state index in [0.29, 0.717) is 13.1 Å². The summed E-state index contributed by atoms with van der Waals surface area (Å²) in [6.07, 6.45) is 4.16. The van der Waals surface area contributed by atoms with Gasteiger partial charge >= 0.3 is 5.97 Å². The van der Waals surface area contributed by atoms with Gasteiger partial charge in [0.2, 0.25) is 11.7 Å². The van der Waals surface area contributed by atoms with E-state index in [1.165, 1.54) is 12.1 Å². The average Bonchev–Trinajstić information content (AvgIpc) is 2.81. The van der Waals surface area contributed by atoms with Gasteiger partial charge in [-0.1, -0.05) is 12.8 Å². The number of carboxylic acids is 1. The number of carbonyl (C=O) groups excluding carboxylic acids is 1. The van der Waals surface area contributed by atoms with Crippen molar-refractivity contribution < 1.29 is 23.3 Å². The second-order valence-corrected chi connectivity index (χ2v) is 6.81. The highest BCUT2D eigenvalue weighted by molar-refractivity contribution is 7.86. The molecule has 116 valence electrons. The molecular formula is C14H19NO5S. The van der Waals surface area contributed by atoms with Crippen LogP contribution in [0.2, 0.25) is 0 Å². The lowest BCUT2D eigenvalue weighted by atomic mass is 10.2. The molecule has 0 aromatic carbocycles. The normalized spacial score (nSPS) is 18.8. The molecule has 21 heavy (non-hydrogen) atoms. The van der Waals surface area contributed by atoms with Crippen LogP contribution in [0.4, 0.5) is 0 Å². The molecule has 0 spiro atoms. The van der Waals surface area contributed by atoms with Gasteiger partial charge in [0.25, 0.3) is 0 Å². The number of hydrogen-bond donors (Lipinski definition) is 1. The first-order chi connectivity index (χ1) is 10.0. The molecule has 1 aliphatic heterocycles. The van der Waals surface area contributed by atoms with E-state index < -0.39 is 22.0 Å². The van der Waals surface area contributed by atoms with Gasteiger partial charge in [0.15, 0.2) is 5.09 Å². The molecule has 0 bridgehead atoms. The zero-order valence-corrected chi connectivity index (χ0v) is 12.7. The lowest BCUT2D eigenvalue weighted by Gasteiger charge is -2.23. The standard InChI is InChI=1S/C14H19NO5S/c1-10(13(16)15-8-4-2-3-5-9-15)21(19)12-7-6-11(20-12)14(17)18/h6-7,10H,2-5,8-9H2,1H3,(H,17,18). The molecule has 1 N–H and O–H groups in total. The van der Waals surface area contributed by atoms with Crippen LogP contribution < -0.4 is 0 Å². The van der Waals surface area contributed by atoms with Crippen LogP contribution in [0.3, 0.4) is 0 Å². The Hall–Kier alpha value is -1.63. The molecule has 1 amide bonds. The Morgan fingerprint density at radius 1 is 1.24 bits per heavy atom. The lowest BCUT2D eigenvalue weighted by Crippen LogP contribution is -2.40. The zero-order chi connectivity index (χ0) is 15.4. The molecular weight excluding hydrogens is 294 g/mol. The number of nitrogens with zero attached hydrogens (tertiary/aromatic N) is 1. The summed E-state index contributed by atoms with van der Waals surface area (Å²) in [5.41, 5.74) is 0. The van der Waals surface area contributed by atoms with E-state index >= 15 is 0 Å². The molecule has 2 heterocycles. The number of carboxylic acid groups (broad SMARTS) is 1. The summed E-state index contributed by atoms with van der Waals surface area (Å²) < 4.78 is 17.3. The van der Waals surface area contributed by atoms with Crippen LogP contribution in [0, 0.1) is 0 Å². The molecule has 2 unspecified atom stereocenters. The third-order valence-corrected chi connectivity index (χ3v) is 5.04. The highest BCUT2D eigenvalue weighted by atomic mass is 32.2. The molecule has 1 fully saturated rings. The van der Waals surface area contributed by atoms with Crippen molar-refractivity contribution in [2.45, 2.75) is 42.9 Å². The first-order valence-electron chi connectivity index (χ1n) is 7.03. The molecule has 0 saturated carbocycles. The number of rotatable bonds is 4. The van der Waals surface area contributed by atoms with Crippen LogP contribution in [0.25, 0.3) is 0 Å². The first kappa shape index (κ1) is 15.8. The molecule has 7 heteroatoms. The minimum Gasteiger partial charge on any atom is -0.475 e. The Kier molecular flexibility index (Phi) is 5.17. The third kappa shape index (κ3) is 3.72. The van der Waals surface area contributed by atoms with Crippen LogP contribution in [-0.4, -0.2) is 44.4 Å². The van der Waals surface area contributed by atoms with Crippen molar-refractivity contribution in [3.05, 3.63) is 17.9 Å². The third-order valence-electron chi connectivity index (χ3n) is 3.58. The van der Waals surface area contributed by atoms with E-state index in [0.717, 1.165) is 25.7 Å². The second-order valence-electron chi connectivity index (χ2n) is 5.10. The molecule has 1 aromatic rings. The summed E-state index contributed by atoms with van der Waals surface area (Å²) >= 11 is 0. The Morgan fingerprint density at radius 2 is 1.86 bits per heavy atom. The maximum absolute atomic E-state index is 12.4. The van der Waals surface area contributed by atoms with Gasteiger partial charge in [0.1, 0.15) is 16.0 Å². The number of carbonyl (C=O) groups is 2. The van der Waals surface area contributed by atoms with E-state index in [2.05, 4.69) is 0 Å². The van der Waals surface area contributed by atoms with Gasteiger partial charge in [0.05, 0.1) is 0 Å². The van der Waals surface area contributed by atoms with Crippen molar-refractivity contribution in [1.29, 1.82) is 0 Å². The summed E-state index contributed by atoms with van der Waals surface area (Å²) in [7, 11) is -1.68. The predicted molar refractivity (Wildman–Crippen MR) is 76.6 cm³/mol. The highest BCUT2D eigenvalue weighted by Gasteiger charge is 2.28. The number of amides is 1. The minimum absolute atomic E-state index is 0.0306. The van der Waals surface area contributed by atoms with Gasteiger partial charge in [0, 0.05) is 13.1 Å². The predicted octanol–water partition coefficient (Wildman–Crippen LogP) is 1.88. The van der Waals surface area contributed by atoms with Crippen molar-refractivity contribution in [3.8, 4) is 0 Å². The largest absolute Gasteiger partial charge is 0.475 e. The molecule has 1 saturated heterocycles. The summed E-state index contributed by atoms with van der Waals surface area (Å²) in [5.74, 6) is -1.65. The van der Waals surface area contributed by atoms with Gasteiger partial charge in [-0.2, -0.15) is 0 Å². The Labute approximate surface area is 125 Å². The van der Waals surface area contributed by atoms with Crippen molar-refractivity contribution in [1.82, 2.24) is 4.90 Å². The molecule has 0 radical (unpaired) electrons.